The minimum atomic E-state index is -0.106. The van der Waals surface area contributed by atoms with Crippen LogP contribution in [-0.4, -0.2) is 46.0 Å². The zero-order valence-corrected chi connectivity index (χ0v) is 15.9. The molecule has 142 valence electrons. The summed E-state index contributed by atoms with van der Waals surface area (Å²) in [7, 11) is 0. The minimum Gasteiger partial charge on any atom is -0.339 e. The Morgan fingerprint density at radius 2 is 1.81 bits per heavy atom. The lowest BCUT2D eigenvalue weighted by atomic mass is 9.95. The molecule has 0 saturated carbocycles. The predicted molar refractivity (Wildman–Crippen MR) is 106 cm³/mol. The van der Waals surface area contributed by atoms with E-state index in [1.54, 1.807) is 16.8 Å². The largest absolute Gasteiger partial charge is 0.339 e. The summed E-state index contributed by atoms with van der Waals surface area (Å²) in [6, 6.07) is 12.5. The summed E-state index contributed by atoms with van der Waals surface area (Å²) < 4.78 is 1.61. The highest BCUT2D eigenvalue weighted by molar-refractivity contribution is 5.94. The van der Waals surface area contributed by atoms with Crippen molar-refractivity contribution in [2.45, 2.75) is 45.3 Å². The molecule has 0 spiro atoms. The van der Waals surface area contributed by atoms with Crippen molar-refractivity contribution in [3.05, 3.63) is 69.6 Å². The van der Waals surface area contributed by atoms with Gasteiger partial charge >= 0.3 is 0 Å². The highest BCUT2D eigenvalue weighted by atomic mass is 16.2. The third-order valence-corrected chi connectivity index (χ3v) is 6.01. The molecule has 5 nitrogen and oxygen atoms in total. The molecule has 2 aromatic rings. The average Bonchev–Trinajstić information content (AvgIpc) is 2.73. The van der Waals surface area contributed by atoms with Crippen molar-refractivity contribution in [2.24, 2.45) is 0 Å². The molecule has 0 unspecified atom stereocenters. The van der Waals surface area contributed by atoms with Crippen LogP contribution in [0.4, 0.5) is 0 Å². The van der Waals surface area contributed by atoms with Gasteiger partial charge in [-0.05, 0) is 43.4 Å². The molecule has 1 amide bonds. The number of pyridine rings is 1. The van der Waals surface area contributed by atoms with Gasteiger partial charge in [-0.2, -0.15) is 0 Å². The average molecular weight is 365 g/mol. The molecule has 2 aliphatic heterocycles. The van der Waals surface area contributed by atoms with Gasteiger partial charge in [-0.15, -0.1) is 0 Å². The SMILES string of the molecule is CCn1ccc(C(=O)N2CCC(N3CCc4ccccc4C3)CC2)cc1=O. The number of benzene rings is 1. The van der Waals surface area contributed by atoms with E-state index in [-0.39, 0.29) is 11.5 Å². The predicted octanol–water partition coefficient (Wildman–Crippen LogP) is 2.53. The number of likely N-dealkylation sites (tertiary alicyclic amines) is 1. The Kier molecular flexibility index (Phi) is 5.12. The lowest BCUT2D eigenvalue weighted by Crippen LogP contribution is -2.48. The van der Waals surface area contributed by atoms with Crippen molar-refractivity contribution in [1.29, 1.82) is 0 Å². The molecule has 4 rings (SSSR count). The summed E-state index contributed by atoms with van der Waals surface area (Å²) in [6.07, 6.45) is 4.83. The molecule has 0 N–H and O–H groups in total. The van der Waals surface area contributed by atoms with Gasteiger partial charge in [0, 0.05) is 56.6 Å². The molecule has 1 aromatic carbocycles. The normalized spacial score (nSPS) is 18.3. The van der Waals surface area contributed by atoms with Gasteiger partial charge in [0.05, 0.1) is 0 Å². The van der Waals surface area contributed by atoms with Crippen molar-refractivity contribution in [3.8, 4) is 0 Å². The topological polar surface area (TPSA) is 45.6 Å². The van der Waals surface area contributed by atoms with E-state index in [2.05, 4.69) is 29.2 Å². The molecule has 0 radical (unpaired) electrons. The fourth-order valence-corrected chi connectivity index (χ4v) is 4.35. The Labute approximate surface area is 160 Å². The van der Waals surface area contributed by atoms with Crippen LogP contribution < -0.4 is 5.56 Å². The zero-order valence-electron chi connectivity index (χ0n) is 15.9. The number of hydrogen-bond donors (Lipinski definition) is 0. The number of rotatable bonds is 3. The van der Waals surface area contributed by atoms with Crippen molar-refractivity contribution >= 4 is 5.91 Å². The minimum absolute atomic E-state index is 0.0159. The fraction of sp³-hybridized carbons (Fsp3) is 0.455. The monoisotopic (exact) mass is 365 g/mol. The first-order chi connectivity index (χ1) is 13.2. The van der Waals surface area contributed by atoms with Crippen molar-refractivity contribution in [3.63, 3.8) is 0 Å². The first kappa shape index (κ1) is 18.0. The smallest absolute Gasteiger partial charge is 0.254 e. The highest BCUT2D eigenvalue weighted by Gasteiger charge is 2.29. The maximum absolute atomic E-state index is 12.8. The summed E-state index contributed by atoms with van der Waals surface area (Å²) in [5.74, 6) is -0.0159. The van der Waals surface area contributed by atoms with E-state index in [0.717, 1.165) is 45.4 Å². The maximum atomic E-state index is 12.8. The molecule has 3 heterocycles. The number of carbonyl (C=O) groups excluding carboxylic acids is 1. The van der Waals surface area contributed by atoms with Gasteiger partial charge < -0.3 is 9.47 Å². The number of nitrogens with zero attached hydrogens (tertiary/aromatic N) is 3. The summed E-state index contributed by atoms with van der Waals surface area (Å²) in [6.45, 7) is 6.19. The first-order valence-electron chi connectivity index (χ1n) is 9.96. The molecule has 27 heavy (non-hydrogen) atoms. The Morgan fingerprint density at radius 1 is 1.07 bits per heavy atom. The fourth-order valence-electron chi connectivity index (χ4n) is 4.35. The molecular weight excluding hydrogens is 338 g/mol. The van der Waals surface area contributed by atoms with Gasteiger partial charge in [0.1, 0.15) is 0 Å². The molecule has 1 aromatic heterocycles. The molecule has 0 atom stereocenters. The summed E-state index contributed by atoms with van der Waals surface area (Å²) >= 11 is 0. The molecule has 5 heteroatoms. The van der Waals surface area contributed by atoms with Gasteiger partial charge in [-0.1, -0.05) is 24.3 Å². The van der Waals surface area contributed by atoms with Gasteiger partial charge in [-0.3, -0.25) is 14.5 Å². The number of fused-ring (bicyclic) bond motifs is 1. The quantitative estimate of drug-likeness (QED) is 0.840. The first-order valence-corrected chi connectivity index (χ1v) is 9.96. The Morgan fingerprint density at radius 3 is 2.52 bits per heavy atom. The molecule has 1 fully saturated rings. The van der Waals surface area contributed by atoms with Gasteiger partial charge in [0.2, 0.25) is 0 Å². The van der Waals surface area contributed by atoms with E-state index < -0.39 is 0 Å². The van der Waals surface area contributed by atoms with Crippen molar-refractivity contribution in [1.82, 2.24) is 14.4 Å². The van der Waals surface area contributed by atoms with Crippen molar-refractivity contribution < 1.29 is 4.79 Å². The second kappa shape index (κ2) is 7.69. The number of amides is 1. The second-order valence-electron chi connectivity index (χ2n) is 7.55. The van der Waals surface area contributed by atoms with E-state index in [1.807, 2.05) is 11.8 Å². The third-order valence-electron chi connectivity index (χ3n) is 6.01. The summed E-state index contributed by atoms with van der Waals surface area (Å²) in [4.78, 5) is 29.2. The van der Waals surface area contributed by atoms with E-state index in [4.69, 9.17) is 0 Å². The zero-order chi connectivity index (χ0) is 18.8. The standard InChI is InChI=1S/C22H27N3O2/c1-2-23-11-8-18(15-21(23)26)22(27)24-13-9-20(10-14-24)25-12-7-17-5-3-4-6-19(17)16-25/h3-6,8,11,15,20H,2,7,9-10,12-14,16H2,1H3. The van der Waals surface area contributed by atoms with E-state index >= 15 is 0 Å². The molecular formula is C22H27N3O2. The number of piperidine rings is 1. The second-order valence-corrected chi connectivity index (χ2v) is 7.55. The number of carbonyl (C=O) groups is 1. The van der Waals surface area contributed by atoms with Crippen molar-refractivity contribution in [2.75, 3.05) is 19.6 Å². The van der Waals surface area contributed by atoms with Gasteiger partial charge in [0.25, 0.3) is 11.5 Å². The van der Waals surface area contributed by atoms with Crippen LogP contribution in [0.15, 0.2) is 47.4 Å². The lowest BCUT2D eigenvalue weighted by Gasteiger charge is -2.40. The van der Waals surface area contributed by atoms with Crippen LogP contribution in [-0.2, 0) is 19.5 Å². The molecule has 0 aliphatic carbocycles. The van der Waals surface area contributed by atoms with Crippen LogP contribution in [0.25, 0.3) is 0 Å². The Hall–Kier alpha value is -2.40. The Bertz CT molecular complexity index is 881. The highest BCUT2D eigenvalue weighted by Crippen LogP contribution is 2.25. The van der Waals surface area contributed by atoms with Gasteiger partial charge in [0.15, 0.2) is 0 Å². The van der Waals surface area contributed by atoms with Crippen LogP contribution >= 0.6 is 0 Å². The van der Waals surface area contributed by atoms with E-state index in [1.165, 1.54) is 17.2 Å². The summed E-state index contributed by atoms with van der Waals surface area (Å²) in [5, 5.41) is 0. The van der Waals surface area contributed by atoms with E-state index in [0.29, 0.717) is 18.2 Å². The lowest BCUT2D eigenvalue weighted by molar-refractivity contribution is 0.0599. The van der Waals surface area contributed by atoms with Crippen LogP contribution in [0.3, 0.4) is 0 Å². The van der Waals surface area contributed by atoms with E-state index in [9.17, 15) is 9.59 Å². The molecule has 0 bridgehead atoms. The van der Waals surface area contributed by atoms with Crippen LogP contribution in [0.5, 0.6) is 0 Å². The van der Waals surface area contributed by atoms with Crippen LogP contribution in [0.1, 0.15) is 41.3 Å². The molecule has 2 aliphatic rings. The van der Waals surface area contributed by atoms with Crippen LogP contribution in [0.2, 0.25) is 0 Å². The Balaban J connectivity index is 1.37. The maximum Gasteiger partial charge on any atom is 0.254 e. The number of hydrogen-bond acceptors (Lipinski definition) is 3. The summed E-state index contributed by atoms with van der Waals surface area (Å²) in [5.41, 5.74) is 3.32. The number of aromatic nitrogens is 1. The molecule has 1 saturated heterocycles. The van der Waals surface area contributed by atoms with Gasteiger partial charge in [-0.25, -0.2) is 0 Å². The number of aryl methyl sites for hydroxylation is 1. The third kappa shape index (κ3) is 3.69. The van der Waals surface area contributed by atoms with Crippen LogP contribution in [0, 0.1) is 0 Å².